The van der Waals surface area contributed by atoms with Crippen molar-refractivity contribution >= 4 is 43.5 Å². The van der Waals surface area contributed by atoms with Gasteiger partial charge in [0, 0.05) is 17.6 Å². The third-order valence-corrected chi connectivity index (χ3v) is 8.58. The molecule has 1 atom stereocenters. The van der Waals surface area contributed by atoms with Gasteiger partial charge in [0.1, 0.15) is 18.4 Å². The Morgan fingerprint density at radius 2 is 1.59 bits per heavy atom. The van der Waals surface area contributed by atoms with Gasteiger partial charge in [0.05, 0.1) is 10.6 Å². The molecule has 0 aliphatic rings. The van der Waals surface area contributed by atoms with Crippen LogP contribution < -0.4 is 9.62 Å². The number of amides is 2. The molecule has 0 bridgehead atoms. The van der Waals surface area contributed by atoms with Gasteiger partial charge in [-0.25, -0.2) is 12.8 Å². The topological polar surface area (TPSA) is 86.8 Å². The zero-order valence-corrected chi connectivity index (χ0v) is 24.6. The Bertz CT molecular complexity index is 1370. The number of hydrogen-bond donors (Lipinski definition) is 1. The first kappa shape index (κ1) is 30.3. The molecule has 0 radical (unpaired) electrons. The molecule has 0 aliphatic heterocycles. The maximum absolute atomic E-state index is 13.8. The van der Waals surface area contributed by atoms with Gasteiger partial charge in [-0.2, -0.15) is 0 Å². The Labute approximate surface area is 238 Å². The molecule has 0 saturated heterocycles. The lowest BCUT2D eigenvalue weighted by Crippen LogP contribution is -2.51. The van der Waals surface area contributed by atoms with Gasteiger partial charge in [-0.05, 0) is 74.4 Å². The van der Waals surface area contributed by atoms with Crippen LogP contribution in [0, 0.1) is 12.7 Å². The molecule has 10 heteroatoms. The van der Waals surface area contributed by atoms with Crippen molar-refractivity contribution in [3.8, 4) is 0 Å². The van der Waals surface area contributed by atoms with Gasteiger partial charge >= 0.3 is 0 Å². The molecule has 0 fully saturated rings. The van der Waals surface area contributed by atoms with Crippen LogP contribution in [0.3, 0.4) is 0 Å². The second kappa shape index (κ2) is 13.7. The van der Waals surface area contributed by atoms with E-state index in [-0.39, 0.29) is 23.0 Å². The summed E-state index contributed by atoms with van der Waals surface area (Å²) in [6, 6.07) is 17.6. The molecule has 39 heavy (non-hydrogen) atoms. The summed E-state index contributed by atoms with van der Waals surface area (Å²) in [5.74, 6) is -1.44. The SMILES string of the molecule is CCCCNC(=O)C(C)N(Cc1ccc(Br)cc1)C(=O)CN(c1ccc(F)cc1)S(=O)(=O)c1ccc(C)cc1. The Morgan fingerprint density at radius 3 is 2.18 bits per heavy atom. The second-order valence-corrected chi connectivity index (χ2v) is 12.0. The number of unbranched alkanes of at least 4 members (excludes halogenated alkanes) is 1. The number of hydrogen-bond acceptors (Lipinski definition) is 4. The van der Waals surface area contributed by atoms with Gasteiger partial charge in [0.2, 0.25) is 11.8 Å². The standard InChI is InChI=1S/C29H33BrFN3O4S/c1-4-5-18-32-29(36)22(3)33(19-23-8-10-24(30)11-9-23)28(35)20-34(26-14-12-25(31)13-15-26)39(37,38)27-16-6-21(2)7-17-27/h6-17,22H,4-5,18-20H2,1-3H3,(H,32,36). The zero-order chi connectivity index (χ0) is 28.6. The summed E-state index contributed by atoms with van der Waals surface area (Å²) >= 11 is 3.40. The Balaban J connectivity index is 1.98. The molecule has 3 rings (SSSR count). The fourth-order valence-corrected chi connectivity index (χ4v) is 5.56. The summed E-state index contributed by atoms with van der Waals surface area (Å²) in [5, 5.41) is 2.85. The molecule has 208 valence electrons. The lowest BCUT2D eigenvalue weighted by molar-refractivity contribution is -0.139. The van der Waals surface area contributed by atoms with Gasteiger partial charge in [-0.1, -0.05) is 59.1 Å². The van der Waals surface area contributed by atoms with E-state index in [2.05, 4.69) is 21.2 Å². The molecule has 0 aromatic heterocycles. The van der Waals surface area contributed by atoms with Crippen molar-refractivity contribution in [1.29, 1.82) is 0 Å². The van der Waals surface area contributed by atoms with Crippen LogP contribution in [0.15, 0.2) is 82.2 Å². The van der Waals surface area contributed by atoms with Crippen molar-refractivity contribution in [2.24, 2.45) is 0 Å². The number of benzene rings is 3. The van der Waals surface area contributed by atoms with Crippen LogP contribution in [0.1, 0.15) is 37.8 Å². The Hall–Kier alpha value is -3.24. The monoisotopic (exact) mass is 617 g/mol. The Morgan fingerprint density at radius 1 is 0.974 bits per heavy atom. The van der Waals surface area contributed by atoms with E-state index >= 15 is 0 Å². The smallest absolute Gasteiger partial charge is 0.264 e. The van der Waals surface area contributed by atoms with E-state index in [1.807, 2.05) is 38.1 Å². The van der Waals surface area contributed by atoms with Crippen LogP contribution in [0.5, 0.6) is 0 Å². The zero-order valence-electron chi connectivity index (χ0n) is 22.2. The predicted molar refractivity (Wildman–Crippen MR) is 154 cm³/mol. The lowest BCUT2D eigenvalue weighted by Gasteiger charge is -2.32. The van der Waals surface area contributed by atoms with Crippen LogP contribution in [0.4, 0.5) is 10.1 Å². The van der Waals surface area contributed by atoms with Crippen molar-refractivity contribution in [2.75, 3.05) is 17.4 Å². The van der Waals surface area contributed by atoms with Crippen LogP contribution in [-0.4, -0.2) is 44.3 Å². The van der Waals surface area contributed by atoms with E-state index in [4.69, 9.17) is 0 Å². The third-order valence-electron chi connectivity index (χ3n) is 6.27. The van der Waals surface area contributed by atoms with E-state index in [9.17, 15) is 22.4 Å². The lowest BCUT2D eigenvalue weighted by atomic mass is 10.1. The molecule has 7 nitrogen and oxygen atoms in total. The summed E-state index contributed by atoms with van der Waals surface area (Å²) in [6.45, 7) is 5.46. The minimum absolute atomic E-state index is 0.00459. The molecular weight excluding hydrogens is 585 g/mol. The highest BCUT2D eigenvalue weighted by molar-refractivity contribution is 9.10. The van der Waals surface area contributed by atoms with Crippen LogP contribution >= 0.6 is 15.9 Å². The number of carbonyl (C=O) groups excluding carboxylic acids is 2. The number of rotatable bonds is 12. The molecule has 1 unspecified atom stereocenters. The van der Waals surface area contributed by atoms with Gasteiger partial charge in [-0.15, -0.1) is 0 Å². The van der Waals surface area contributed by atoms with Crippen LogP contribution in [0.2, 0.25) is 0 Å². The van der Waals surface area contributed by atoms with Crippen LogP contribution in [0.25, 0.3) is 0 Å². The summed E-state index contributed by atoms with van der Waals surface area (Å²) in [5.41, 5.74) is 1.78. The maximum atomic E-state index is 13.8. The highest BCUT2D eigenvalue weighted by Gasteiger charge is 2.32. The van der Waals surface area contributed by atoms with Crippen molar-refractivity contribution in [3.63, 3.8) is 0 Å². The molecule has 0 aliphatic carbocycles. The molecule has 3 aromatic carbocycles. The van der Waals surface area contributed by atoms with Crippen molar-refractivity contribution in [2.45, 2.75) is 51.1 Å². The molecule has 0 heterocycles. The third kappa shape index (κ3) is 8.12. The summed E-state index contributed by atoms with van der Waals surface area (Å²) < 4.78 is 43.0. The van der Waals surface area contributed by atoms with E-state index in [1.54, 1.807) is 19.1 Å². The van der Waals surface area contributed by atoms with Gasteiger partial charge in [0.25, 0.3) is 10.0 Å². The van der Waals surface area contributed by atoms with E-state index in [0.29, 0.717) is 6.54 Å². The van der Waals surface area contributed by atoms with Gasteiger partial charge < -0.3 is 10.2 Å². The normalized spacial score (nSPS) is 12.0. The highest BCUT2D eigenvalue weighted by atomic mass is 79.9. The van der Waals surface area contributed by atoms with E-state index in [1.165, 1.54) is 29.2 Å². The first-order valence-electron chi connectivity index (χ1n) is 12.7. The average Bonchev–Trinajstić information content (AvgIpc) is 2.91. The number of nitrogens with one attached hydrogen (secondary N) is 1. The van der Waals surface area contributed by atoms with Gasteiger partial charge in [0.15, 0.2) is 0 Å². The number of aryl methyl sites for hydroxylation is 1. The summed E-state index contributed by atoms with van der Waals surface area (Å²) in [7, 11) is -4.20. The average molecular weight is 619 g/mol. The molecule has 0 saturated carbocycles. The maximum Gasteiger partial charge on any atom is 0.264 e. The number of halogens is 2. The summed E-state index contributed by atoms with van der Waals surface area (Å²) in [6.07, 6.45) is 1.70. The second-order valence-electron chi connectivity index (χ2n) is 9.27. The van der Waals surface area contributed by atoms with Gasteiger partial charge in [-0.3, -0.25) is 13.9 Å². The van der Waals surface area contributed by atoms with Crippen molar-refractivity contribution in [1.82, 2.24) is 10.2 Å². The molecule has 3 aromatic rings. The predicted octanol–water partition coefficient (Wildman–Crippen LogP) is 5.43. The fraction of sp³-hybridized carbons (Fsp3) is 0.310. The van der Waals surface area contributed by atoms with Crippen molar-refractivity contribution in [3.05, 3.63) is 94.2 Å². The van der Waals surface area contributed by atoms with E-state index < -0.39 is 34.3 Å². The Kier molecular flexibility index (Phi) is 10.7. The molecule has 1 N–H and O–H groups in total. The number of sulfonamides is 1. The van der Waals surface area contributed by atoms with Crippen LogP contribution in [-0.2, 0) is 26.2 Å². The number of anilines is 1. The molecule has 2 amide bonds. The quantitative estimate of drug-likeness (QED) is 0.275. The minimum Gasteiger partial charge on any atom is -0.354 e. The summed E-state index contributed by atoms with van der Waals surface area (Å²) in [4.78, 5) is 28.2. The highest BCUT2D eigenvalue weighted by Crippen LogP contribution is 2.25. The van der Waals surface area contributed by atoms with Crippen molar-refractivity contribution < 1.29 is 22.4 Å². The minimum atomic E-state index is -4.20. The molecule has 0 spiro atoms. The first-order chi connectivity index (χ1) is 18.5. The number of nitrogens with zero attached hydrogens (tertiary/aromatic N) is 2. The number of carbonyl (C=O) groups is 2. The largest absolute Gasteiger partial charge is 0.354 e. The first-order valence-corrected chi connectivity index (χ1v) is 14.9. The van der Waals surface area contributed by atoms with E-state index in [0.717, 1.165) is 44.9 Å². The molecular formula is C29H33BrFN3O4S. The fourth-order valence-electron chi connectivity index (χ4n) is 3.88.